The Kier molecular flexibility index (Phi) is 7.97. The van der Waals surface area contributed by atoms with Crippen LogP contribution in [-0.2, 0) is 34.5 Å². The van der Waals surface area contributed by atoms with Gasteiger partial charge in [0.05, 0.1) is 5.41 Å². The summed E-state index contributed by atoms with van der Waals surface area (Å²) in [4.78, 5) is 15.6. The van der Waals surface area contributed by atoms with Gasteiger partial charge in [-0.25, -0.2) is 0 Å². The molecule has 0 atom stereocenters. The zero-order valence-corrected chi connectivity index (χ0v) is 20.0. The predicted octanol–water partition coefficient (Wildman–Crippen LogP) is 5.07. The Hall–Kier alpha value is -2.94. The number of carbonyl (C=O) groups is 1. The normalized spacial score (nSPS) is 11.8. The first-order valence-corrected chi connectivity index (χ1v) is 11.0. The average molecular weight is 507 g/mol. The van der Waals surface area contributed by atoms with Crippen molar-refractivity contribution in [3.8, 4) is 17.0 Å². The molecule has 1 heterocycles. The van der Waals surface area contributed by atoms with Crippen LogP contribution in [-0.4, -0.2) is 27.0 Å². The van der Waals surface area contributed by atoms with Gasteiger partial charge < -0.3 is 5.11 Å². The van der Waals surface area contributed by atoms with Crippen molar-refractivity contribution in [3.05, 3.63) is 83.6 Å². The summed E-state index contributed by atoms with van der Waals surface area (Å²) in [5.41, 5.74) is 1.26. The number of alkyl halides is 3. The number of rotatable bonds is 9. The smallest absolute Gasteiger partial charge is 0.312 e. The van der Waals surface area contributed by atoms with Gasteiger partial charge in [0.1, 0.15) is 6.61 Å². The Bertz CT molecular complexity index is 1160. The second-order valence-electron chi connectivity index (χ2n) is 8.33. The molecule has 3 aromatic rings. The van der Waals surface area contributed by atoms with Crippen LogP contribution in [0.2, 0.25) is 0 Å². The number of aromatic nitrogens is 1. The topological polar surface area (TPSA) is 71.5 Å². The zero-order chi connectivity index (χ0) is 24.9. The van der Waals surface area contributed by atoms with E-state index in [4.69, 9.17) is 9.84 Å². The van der Waals surface area contributed by atoms with E-state index in [-0.39, 0.29) is 6.61 Å². The Labute approximate surface area is 204 Å². The maximum Gasteiger partial charge on any atom is 0.312 e. The number of aliphatic carboxylic acids is 1. The molecule has 2 N–H and O–H groups in total. The van der Waals surface area contributed by atoms with Crippen LogP contribution in [0.25, 0.3) is 11.3 Å². The maximum atomic E-state index is 12.9. The number of nitrogens with zero attached hydrogens (tertiary/aromatic N) is 1. The molecule has 34 heavy (non-hydrogen) atoms. The molecule has 0 aliphatic heterocycles. The second-order valence-corrected chi connectivity index (χ2v) is 9.03. The fourth-order valence-corrected chi connectivity index (χ4v) is 3.22. The third kappa shape index (κ3) is 6.79. The van der Waals surface area contributed by atoms with Crippen LogP contribution in [0.5, 0.6) is 5.75 Å². The molecule has 0 bridgehead atoms. The van der Waals surface area contributed by atoms with E-state index in [9.17, 15) is 18.0 Å². The number of hydrogen-bond acceptors (Lipinski definition) is 4. The van der Waals surface area contributed by atoms with Gasteiger partial charge in [-0.3, -0.25) is 4.79 Å². The summed E-state index contributed by atoms with van der Waals surface area (Å²) in [5.74, 6) is -0.359. The van der Waals surface area contributed by atoms with Crippen molar-refractivity contribution in [1.82, 2.24) is 10.3 Å². The molecule has 1 aromatic heterocycles. The SMILES string of the molecule is CC(C)(COc1ccc(-c2ccc(CN[C](=[V])c3cccc(C(F)(F)F)c3)cn2)cc1)C(=O)O. The van der Waals surface area contributed by atoms with E-state index in [1.54, 1.807) is 38.2 Å². The third-order valence-electron chi connectivity index (χ3n) is 5.08. The van der Waals surface area contributed by atoms with Crippen molar-refractivity contribution in [1.29, 1.82) is 0 Å². The second kappa shape index (κ2) is 10.5. The fraction of sp³-hybridized carbons (Fsp3) is 0.240. The van der Waals surface area contributed by atoms with Crippen molar-refractivity contribution in [2.75, 3.05) is 6.61 Å². The minimum atomic E-state index is -4.39. The molecule has 0 saturated heterocycles. The van der Waals surface area contributed by atoms with Crippen LogP contribution in [0.3, 0.4) is 0 Å². The van der Waals surface area contributed by atoms with E-state index in [0.717, 1.165) is 29.0 Å². The van der Waals surface area contributed by atoms with Crippen molar-refractivity contribution < 1.29 is 44.8 Å². The van der Waals surface area contributed by atoms with Crippen LogP contribution in [0, 0.1) is 5.41 Å². The summed E-state index contributed by atoms with van der Waals surface area (Å²) < 4.78 is 44.9. The standard InChI is InChI=1S/C25H23F3N2O3.V/c1-24(2,23(31)32)16-33-21-9-7-19(8-10-21)22-11-6-18(15-30-22)14-29-13-17-4-3-5-20(12-17)25(26,27)28;/h3-12,15,29H,14,16H2,1-2H3,(H,31,32);. The van der Waals surface area contributed by atoms with Crippen molar-refractivity contribution in [3.63, 3.8) is 0 Å². The van der Waals surface area contributed by atoms with Gasteiger partial charge in [0.15, 0.2) is 0 Å². The van der Waals surface area contributed by atoms with Crippen molar-refractivity contribution in [2.45, 2.75) is 26.6 Å². The molecule has 0 amide bonds. The molecule has 0 aliphatic carbocycles. The van der Waals surface area contributed by atoms with Crippen LogP contribution in [0.4, 0.5) is 13.2 Å². The Morgan fingerprint density at radius 1 is 1.09 bits per heavy atom. The summed E-state index contributed by atoms with van der Waals surface area (Å²) in [6.45, 7) is 3.65. The Morgan fingerprint density at radius 3 is 2.38 bits per heavy atom. The molecule has 0 saturated carbocycles. The van der Waals surface area contributed by atoms with Crippen LogP contribution < -0.4 is 10.1 Å². The summed E-state index contributed by atoms with van der Waals surface area (Å²) in [6.07, 6.45) is -2.68. The number of pyridine rings is 1. The first-order chi connectivity index (χ1) is 16.0. The number of carboxylic acid groups (broad SMARTS) is 1. The Balaban J connectivity index is 1.58. The first-order valence-electron chi connectivity index (χ1n) is 10.3. The fourth-order valence-electron chi connectivity index (χ4n) is 2.88. The molecule has 177 valence electrons. The average Bonchev–Trinajstić information content (AvgIpc) is 2.81. The largest absolute Gasteiger partial charge is 0.481 e. The maximum absolute atomic E-state index is 12.9. The van der Waals surface area contributed by atoms with E-state index < -0.39 is 23.1 Å². The van der Waals surface area contributed by atoms with Gasteiger partial charge in [0, 0.05) is 0 Å². The summed E-state index contributed by atoms with van der Waals surface area (Å²) in [5, 5.41) is 12.3. The van der Waals surface area contributed by atoms with E-state index in [2.05, 4.69) is 27.3 Å². The zero-order valence-electron chi connectivity index (χ0n) is 18.6. The summed E-state index contributed by atoms with van der Waals surface area (Å²) in [6, 6.07) is 16.1. The molecule has 3 rings (SSSR count). The van der Waals surface area contributed by atoms with Gasteiger partial charge in [-0.15, -0.1) is 0 Å². The molecule has 0 spiro atoms. The number of ether oxygens (including phenoxy) is 1. The molecule has 5 nitrogen and oxygen atoms in total. The molecule has 2 aromatic carbocycles. The van der Waals surface area contributed by atoms with Crippen molar-refractivity contribution in [2.24, 2.45) is 5.41 Å². The van der Waals surface area contributed by atoms with E-state index in [0.29, 0.717) is 22.2 Å². The first kappa shape index (κ1) is 25.7. The third-order valence-corrected chi connectivity index (χ3v) is 5.73. The number of carboxylic acids is 1. The van der Waals surface area contributed by atoms with E-state index in [1.165, 1.54) is 6.07 Å². The molecular weight excluding hydrogens is 484 g/mol. The molecule has 0 fully saturated rings. The van der Waals surface area contributed by atoms with Gasteiger partial charge >= 0.3 is 169 Å². The van der Waals surface area contributed by atoms with Crippen LogP contribution in [0.15, 0.2) is 66.9 Å². The van der Waals surface area contributed by atoms with E-state index in [1.807, 2.05) is 24.3 Å². The molecule has 9 heteroatoms. The van der Waals surface area contributed by atoms with E-state index >= 15 is 0 Å². The number of nitrogens with one attached hydrogen (secondary N) is 1. The summed E-state index contributed by atoms with van der Waals surface area (Å²) >= 11 is 2.26. The number of hydrogen-bond donors (Lipinski definition) is 2. The van der Waals surface area contributed by atoms with Crippen LogP contribution in [0.1, 0.15) is 30.5 Å². The Morgan fingerprint density at radius 2 is 1.79 bits per heavy atom. The van der Waals surface area contributed by atoms with Gasteiger partial charge in [-0.1, -0.05) is 0 Å². The molecule has 0 unspecified atom stereocenters. The van der Waals surface area contributed by atoms with Gasteiger partial charge in [-0.2, -0.15) is 0 Å². The quantitative estimate of drug-likeness (QED) is 0.423. The molecular formula is C25H23F3N2O3V. The minimum absolute atomic E-state index is 0.0529. The summed E-state index contributed by atoms with van der Waals surface area (Å²) in [7, 11) is 0. The van der Waals surface area contributed by atoms with Crippen LogP contribution >= 0.6 is 0 Å². The predicted molar refractivity (Wildman–Crippen MR) is 119 cm³/mol. The van der Waals surface area contributed by atoms with Crippen molar-refractivity contribution >= 4 is 10.3 Å². The van der Waals surface area contributed by atoms with Gasteiger partial charge in [0.25, 0.3) is 0 Å². The monoisotopic (exact) mass is 507 g/mol. The number of benzene rings is 2. The van der Waals surface area contributed by atoms with Gasteiger partial charge in [0.2, 0.25) is 0 Å². The van der Waals surface area contributed by atoms with Gasteiger partial charge in [-0.05, 0) is 13.8 Å². The molecule has 0 radical (unpaired) electrons. The number of halogens is 3. The molecule has 0 aliphatic rings. The minimum Gasteiger partial charge on any atom is -0.481 e.